The van der Waals surface area contributed by atoms with Crippen LogP contribution in [-0.2, 0) is 4.79 Å². The second kappa shape index (κ2) is 8.49. The molecule has 0 atom stereocenters. The van der Waals surface area contributed by atoms with Gasteiger partial charge in [0, 0.05) is 0 Å². The van der Waals surface area contributed by atoms with Gasteiger partial charge in [0.1, 0.15) is 11.5 Å². The van der Waals surface area contributed by atoms with Crippen molar-refractivity contribution in [1.82, 2.24) is 5.43 Å². The Kier molecular flexibility index (Phi) is 5.86. The maximum Gasteiger partial charge on any atom is 0.277 e. The van der Waals surface area contributed by atoms with Gasteiger partial charge in [-0.2, -0.15) is 5.10 Å². The number of rotatable bonds is 6. The van der Waals surface area contributed by atoms with E-state index in [4.69, 9.17) is 9.47 Å². The van der Waals surface area contributed by atoms with E-state index in [-0.39, 0.29) is 12.5 Å². The molecule has 6 heteroatoms. The second-order valence-corrected chi connectivity index (χ2v) is 6.25. The number of benzene rings is 3. The Morgan fingerprint density at radius 2 is 1.88 bits per heavy atom. The predicted molar refractivity (Wildman–Crippen MR) is 106 cm³/mol. The van der Waals surface area contributed by atoms with Crippen LogP contribution in [0.15, 0.2) is 70.2 Å². The first-order valence-electron chi connectivity index (χ1n) is 7.93. The number of hydrazone groups is 1. The molecule has 5 nitrogen and oxygen atoms in total. The highest BCUT2D eigenvalue weighted by molar-refractivity contribution is 9.10. The fraction of sp³-hybridized carbons (Fsp3) is 0.100. The molecule has 3 aromatic carbocycles. The van der Waals surface area contributed by atoms with Crippen LogP contribution in [0.4, 0.5) is 0 Å². The lowest BCUT2D eigenvalue weighted by Crippen LogP contribution is -2.24. The van der Waals surface area contributed by atoms with E-state index >= 15 is 0 Å². The minimum absolute atomic E-state index is 0.128. The van der Waals surface area contributed by atoms with E-state index in [0.29, 0.717) is 5.75 Å². The Hall–Kier alpha value is -2.86. The van der Waals surface area contributed by atoms with Gasteiger partial charge < -0.3 is 9.47 Å². The zero-order chi connectivity index (χ0) is 18.4. The zero-order valence-corrected chi connectivity index (χ0v) is 15.7. The molecule has 0 aliphatic rings. The van der Waals surface area contributed by atoms with Crippen molar-refractivity contribution in [2.45, 2.75) is 0 Å². The minimum atomic E-state index is -0.338. The van der Waals surface area contributed by atoms with Gasteiger partial charge >= 0.3 is 0 Å². The van der Waals surface area contributed by atoms with Gasteiger partial charge in [0.25, 0.3) is 5.91 Å². The standard InChI is InChI=1S/C20H17BrN2O3/c1-25-16-9-6-14(7-10-16)12-22-23-19(24)13-26-18-11-8-15-4-2-3-5-17(15)20(18)21/h2-12H,13H2,1H3,(H,23,24). The summed E-state index contributed by atoms with van der Waals surface area (Å²) in [5, 5.41) is 6.05. The summed E-state index contributed by atoms with van der Waals surface area (Å²) in [4.78, 5) is 11.9. The van der Waals surface area contributed by atoms with Crippen LogP contribution in [0.25, 0.3) is 10.8 Å². The molecular weight excluding hydrogens is 396 g/mol. The number of ether oxygens (including phenoxy) is 2. The van der Waals surface area contributed by atoms with E-state index in [0.717, 1.165) is 26.6 Å². The predicted octanol–water partition coefficient (Wildman–Crippen LogP) is 4.14. The monoisotopic (exact) mass is 412 g/mol. The Labute approximate surface area is 159 Å². The second-order valence-electron chi connectivity index (χ2n) is 5.45. The number of amides is 1. The quantitative estimate of drug-likeness (QED) is 0.488. The van der Waals surface area contributed by atoms with E-state index in [1.54, 1.807) is 13.3 Å². The number of nitrogens with one attached hydrogen (secondary N) is 1. The van der Waals surface area contributed by atoms with Gasteiger partial charge in [-0.15, -0.1) is 0 Å². The molecule has 3 rings (SSSR count). The lowest BCUT2D eigenvalue weighted by Gasteiger charge is -2.09. The van der Waals surface area contributed by atoms with Crippen molar-refractivity contribution < 1.29 is 14.3 Å². The number of carbonyl (C=O) groups excluding carboxylic acids is 1. The van der Waals surface area contributed by atoms with E-state index < -0.39 is 0 Å². The van der Waals surface area contributed by atoms with Crippen LogP contribution in [0.1, 0.15) is 5.56 Å². The van der Waals surface area contributed by atoms with Crippen molar-refractivity contribution in [2.24, 2.45) is 5.10 Å². The average molecular weight is 413 g/mol. The smallest absolute Gasteiger partial charge is 0.277 e. The number of hydrogen-bond donors (Lipinski definition) is 1. The molecular formula is C20H17BrN2O3. The third-order valence-electron chi connectivity index (χ3n) is 3.71. The van der Waals surface area contributed by atoms with Gasteiger partial charge in [0.05, 0.1) is 17.8 Å². The van der Waals surface area contributed by atoms with Crippen molar-refractivity contribution >= 4 is 38.8 Å². The molecule has 1 N–H and O–H groups in total. The molecule has 0 unspecified atom stereocenters. The van der Waals surface area contributed by atoms with Crippen molar-refractivity contribution in [3.05, 3.63) is 70.7 Å². The van der Waals surface area contributed by atoms with Crippen LogP contribution >= 0.6 is 15.9 Å². The molecule has 1 amide bonds. The SMILES string of the molecule is COc1ccc(C=NNC(=O)COc2ccc3ccccc3c2Br)cc1. The molecule has 0 bridgehead atoms. The van der Waals surface area contributed by atoms with Gasteiger partial charge in [0.2, 0.25) is 0 Å². The van der Waals surface area contributed by atoms with Crippen LogP contribution in [0.2, 0.25) is 0 Å². The van der Waals surface area contributed by atoms with Gasteiger partial charge in [-0.1, -0.05) is 30.3 Å². The molecule has 0 fully saturated rings. The summed E-state index contributed by atoms with van der Waals surface area (Å²) >= 11 is 3.53. The van der Waals surface area contributed by atoms with E-state index in [2.05, 4.69) is 26.5 Å². The number of methoxy groups -OCH3 is 1. The highest BCUT2D eigenvalue weighted by atomic mass is 79.9. The lowest BCUT2D eigenvalue weighted by atomic mass is 10.1. The zero-order valence-electron chi connectivity index (χ0n) is 14.1. The molecule has 3 aromatic rings. The van der Waals surface area contributed by atoms with Gasteiger partial charge in [-0.25, -0.2) is 5.43 Å². The summed E-state index contributed by atoms with van der Waals surface area (Å²) in [6.45, 7) is -0.128. The fourth-order valence-electron chi connectivity index (χ4n) is 2.37. The van der Waals surface area contributed by atoms with Gasteiger partial charge in [-0.05, 0) is 62.6 Å². The molecule has 132 valence electrons. The van der Waals surface area contributed by atoms with Gasteiger partial charge in [-0.3, -0.25) is 4.79 Å². The Morgan fingerprint density at radius 3 is 2.65 bits per heavy atom. The number of carbonyl (C=O) groups is 1. The van der Waals surface area contributed by atoms with E-state index in [9.17, 15) is 4.79 Å². The highest BCUT2D eigenvalue weighted by Crippen LogP contribution is 2.32. The first kappa shape index (κ1) is 17.9. The maximum atomic E-state index is 11.9. The third-order valence-corrected chi connectivity index (χ3v) is 4.52. The first-order valence-corrected chi connectivity index (χ1v) is 8.72. The Bertz CT molecular complexity index is 939. The van der Waals surface area contributed by atoms with Crippen LogP contribution in [0, 0.1) is 0 Å². The van der Waals surface area contributed by atoms with E-state index in [1.807, 2.05) is 60.7 Å². The normalized spacial score (nSPS) is 10.8. The molecule has 0 aliphatic heterocycles. The van der Waals surface area contributed by atoms with Crippen molar-refractivity contribution in [1.29, 1.82) is 0 Å². The van der Waals surface area contributed by atoms with Gasteiger partial charge in [0.15, 0.2) is 6.61 Å². The molecule has 0 spiro atoms. The molecule has 0 saturated heterocycles. The molecule has 0 heterocycles. The molecule has 26 heavy (non-hydrogen) atoms. The third kappa shape index (κ3) is 4.40. The number of fused-ring (bicyclic) bond motifs is 1. The minimum Gasteiger partial charge on any atom is -0.497 e. The Balaban J connectivity index is 1.55. The number of hydrogen-bond acceptors (Lipinski definition) is 4. The lowest BCUT2D eigenvalue weighted by molar-refractivity contribution is -0.123. The average Bonchev–Trinajstić information content (AvgIpc) is 2.68. The van der Waals surface area contributed by atoms with Crippen molar-refractivity contribution in [2.75, 3.05) is 13.7 Å². The summed E-state index contributed by atoms with van der Waals surface area (Å²) in [6.07, 6.45) is 1.56. The Morgan fingerprint density at radius 1 is 1.12 bits per heavy atom. The largest absolute Gasteiger partial charge is 0.497 e. The number of nitrogens with zero attached hydrogens (tertiary/aromatic N) is 1. The molecule has 0 aliphatic carbocycles. The van der Waals surface area contributed by atoms with Crippen LogP contribution in [0.3, 0.4) is 0 Å². The summed E-state index contributed by atoms with van der Waals surface area (Å²) in [5.41, 5.74) is 3.30. The van der Waals surface area contributed by atoms with Crippen molar-refractivity contribution in [3.8, 4) is 11.5 Å². The first-order chi connectivity index (χ1) is 12.7. The topological polar surface area (TPSA) is 59.9 Å². The highest BCUT2D eigenvalue weighted by Gasteiger charge is 2.08. The van der Waals surface area contributed by atoms with Crippen LogP contribution in [-0.4, -0.2) is 25.8 Å². The number of halogens is 1. The fourth-order valence-corrected chi connectivity index (χ4v) is 2.98. The van der Waals surface area contributed by atoms with Crippen LogP contribution in [0.5, 0.6) is 11.5 Å². The summed E-state index contributed by atoms with van der Waals surface area (Å²) < 4.78 is 11.5. The van der Waals surface area contributed by atoms with Crippen LogP contribution < -0.4 is 14.9 Å². The summed E-state index contributed by atoms with van der Waals surface area (Å²) in [5.74, 6) is 1.04. The maximum absolute atomic E-state index is 11.9. The van der Waals surface area contributed by atoms with Crippen molar-refractivity contribution in [3.63, 3.8) is 0 Å². The summed E-state index contributed by atoms with van der Waals surface area (Å²) in [7, 11) is 1.61. The van der Waals surface area contributed by atoms with E-state index in [1.165, 1.54) is 0 Å². The molecule has 0 aromatic heterocycles. The molecule has 0 saturated carbocycles. The molecule has 0 radical (unpaired) electrons. The summed E-state index contributed by atoms with van der Waals surface area (Å²) in [6, 6.07) is 19.1.